The highest BCUT2D eigenvalue weighted by Gasteiger charge is 2.34. The number of aromatic nitrogens is 2. The zero-order valence-corrected chi connectivity index (χ0v) is 12.0. The number of halogens is 1. The number of hydrogen-bond donors (Lipinski definition) is 0. The minimum atomic E-state index is -2.91. The zero-order valence-electron chi connectivity index (χ0n) is 10.5. The quantitative estimate of drug-likeness (QED) is 0.855. The van der Waals surface area contributed by atoms with Gasteiger partial charge in [-0.2, -0.15) is 0 Å². The highest BCUT2D eigenvalue weighted by molar-refractivity contribution is 7.91. The van der Waals surface area contributed by atoms with Crippen molar-refractivity contribution >= 4 is 27.1 Å². The number of fused-ring (bicyclic) bond motifs is 1. The van der Waals surface area contributed by atoms with E-state index in [0.29, 0.717) is 24.7 Å². The maximum absolute atomic E-state index is 11.4. The molecule has 3 heterocycles. The molecule has 1 aliphatic rings. The fourth-order valence-electron chi connectivity index (χ4n) is 2.27. The average molecular weight is 300 g/mol. The molecule has 19 heavy (non-hydrogen) atoms. The van der Waals surface area contributed by atoms with Gasteiger partial charge in [-0.15, -0.1) is 0 Å². The first-order valence-electron chi connectivity index (χ1n) is 5.96. The lowest BCUT2D eigenvalue weighted by molar-refractivity contribution is 0.174. The van der Waals surface area contributed by atoms with Gasteiger partial charge in [-0.3, -0.25) is 4.90 Å². The number of pyridine rings is 1. The van der Waals surface area contributed by atoms with Crippen molar-refractivity contribution in [1.29, 1.82) is 0 Å². The van der Waals surface area contributed by atoms with Crippen LogP contribution in [0.5, 0.6) is 0 Å². The monoisotopic (exact) mass is 299 g/mol. The van der Waals surface area contributed by atoms with Gasteiger partial charge in [0.05, 0.1) is 22.2 Å². The Bertz CT molecular complexity index is 720. The molecule has 5 nitrogen and oxygen atoms in total. The minimum absolute atomic E-state index is 0.227. The second-order valence-corrected chi connectivity index (χ2v) is 7.73. The molecule has 0 bridgehead atoms. The molecule has 0 aromatic carbocycles. The maximum Gasteiger partial charge on any atom is 0.152 e. The van der Waals surface area contributed by atoms with E-state index >= 15 is 0 Å². The molecular weight excluding hydrogens is 286 g/mol. The lowest BCUT2D eigenvalue weighted by Crippen LogP contribution is -2.53. The Kier molecular flexibility index (Phi) is 3.03. The van der Waals surface area contributed by atoms with Gasteiger partial charge < -0.3 is 4.40 Å². The Balaban J connectivity index is 1.75. The van der Waals surface area contributed by atoms with E-state index in [0.717, 1.165) is 11.3 Å². The Labute approximate surface area is 116 Å². The Hall–Kier alpha value is -1.11. The van der Waals surface area contributed by atoms with Crippen LogP contribution in [-0.2, 0) is 16.4 Å². The van der Waals surface area contributed by atoms with Crippen LogP contribution in [0.15, 0.2) is 24.5 Å². The van der Waals surface area contributed by atoms with E-state index in [9.17, 15) is 8.42 Å². The van der Waals surface area contributed by atoms with Crippen LogP contribution in [0, 0.1) is 0 Å². The first kappa shape index (κ1) is 12.9. The summed E-state index contributed by atoms with van der Waals surface area (Å²) in [6.07, 6.45) is 4.93. The van der Waals surface area contributed by atoms with Crippen molar-refractivity contribution in [2.75, 3.05) is 19.3 Å². The number of rotatable bonds is 3. The Morgan fingerprint density at radius 1 is 1.42 bits per heavy atom. The summed E-state index contributed by atoms with van der Waals surface area (Å²) in [6, 6.07) is 3.66. The topological polar surface area (TPSA) is 54.7 Å². The summed E-state index contributed by atoms with van der Waals surface area (Å²) in [5.74, 6) is 0. The van der Waals surface area contributed by atoms with Crippen LogP contribution in [0.25, 0.3) is 5.65 Å². The van der Waals surface area contributed by atoms with Crippen molar-refractivity contribution in [3.63, 3.8) is 0 Å². The summed E-state index contributed by atoms with van der Waals surface area (Å²) in [5, 5.41) is 0.430. The summed E-state index contributed by atoms with van der Waals surface area (Å²) in [5.41, 5.74) is 1.86. The number of hydrogen-bond acceptors (Lipinski definition) is 4. The summed E-state index contributed by atoms with van der Waals surface area (Å²) in [4.78, 5) is 6.39. The van der Waals surface area contributed by atoms with E-state index in [-0.39, 0.29) is 5.25 Å². The van der Waals surface area contributed by atoms with Crippen molar-refractivity contribution in [2.45, 2.75) is 11.8 Å². The van der Waals surface area contributed by atoms with Crippen LogP contribution in [-0.4, -0.2) is 47.3 Å². The van der Waals surface area contributed by atoms with Gasteiger partial charge >= 0.3 is 0 Å². The molecule has 0 N–H and O–H groups in total. The maximum atomic E-state index is 11.4. The molecule has 0 radical (unpaired) electrons. The normalized spacial score (nSPS) is 17.8. The van der Waals surface area contributed by atoms with Crippen LogP contribution in [0.3, 0.4) is 0 Å². The van der Waals surface area contributed by atoms with Gasteiger partial charge in [0, 0.05) is 32.1 Å². The zero-order chi connectivity index (χ0) is 13.6. The third kappa shape index (κ3) is 2.48. The van der Waals surface area contributed by atoms with E-state index in [2.05, 4.69) is 9.88 Å². The average Bonchev–Trinajstić information content (AvgIpc) is 2.63. The molecule has 1 saturated heterocycles. The predicted octanol–water partition coefficient (Wildman–Crippen LogP) is 1.22. The molecule has 1 fully saturated rings. The van der Waals surface area contributed by atoms with Crippen LogP contribution in [0.2, 0.25) is 5.02 Å². The standard InChI is InChI=1S/C12H14ClN3O2S/c1-19(17,18)11-7-15(8-11)6-10-4-14-12-3-2-9(13)5-16(10)12/h2-5,11H,6-8H2,1H3. The third-order valence-corrected chi connectivity index (χ3v) is 5.19. The fourth-order valence-corrected chi connectivity index (χ4v) is 3.40. The molecule has 0 amide bonds. The molecule has 102 valence electrons. The lowest BCUT2D eigenvalue weighted by atomic mass is 10.2. The van der Waals surface area contributed by atoms with Crippen molar-refractivity contribution in [3.05, 3.63) is 35.2 Å². The molecule has 0 unspecified atom stereocenters. The largest absolute Gasteiger partial charge is 0.301 e. The number of imidazole rings is 1. The van der Waals surface area contributed by atoms with E-state index in [1.54, 1.807) is 12.3 Å². The third-order valence-electron chi connectivity index (χ3n) is 3.46. The molecule has 1 aliphatic heterocycles. The minimum Gasteiger partial charge on any atom is -0.301 e. The molecule has 0 aliphatic carbocycles. The van der Waals surface area contributed by atoms with Gasteiger partial charge in [0.25, 0.3) is 0 Å². The van der Waals surface area contributed by atoms with Gasteiger partial charge in [0.15, 0.2) is 9.84 Å². The summed E-state index contributed by atoms with van der Waals surface area (Å²) in [6.45, 7) is 1.87. The second-order valence-electron chi connectivity index (χ2n) is 4.97. The van der Waals surface area contributed by atoms with Crippen molar-refractivity contribution in [2.24, 2.45) is 0 Å². The van der Waals surface area contributed by atoms with E-state index in [1.807, 2.05) is 16.7 Å². The first-order valence-corrected chi connectivity index (χ1v) is 8.29. The van der Waals surface area contributed by atoms with Gasteiger partial charge in [0.2, 0.25) is 0 Å². The highest BCUT2D eigenvalue weighted by atomic mass is 35.5. The van der Waals surface area contributed by atoms with Crippen LogP contribution in [0.1, 0.15) is 5.69 Å². The van der Waals surface area contributed by atoms with E-state index < -0.39 is 9.84 Å². The van der Waals surface area contributed by atoms with Gasteiger partial charge in [-0.25, -0.2) is 13.4 Å². The summed E-state index contributed by atoms with van der Waals surface area (Å²) < 4.78 is 24.7. The summed E-state index contributed by atoms with van der Waals surface area (Å²) >= 11 is 5.97. The fraction of sp³-hybridized carbons (Fsp3) is 0.417. The number of likely N-dealkylation sites (tertiary alicyclic amines) is 1. The van der Waals surface area contributed by atoms with Gasteiger partial charge in [-0.1, -0.05) is 11.6 Å². The van der Waals surface area contributed by atoms with Crippen molar-refractivity contribution in [3.8, 4) is 0 Å². The second kappa shape index (κ2) is 4.47. The summed E-state index contributed by atoms with van der Waals surface area (Å²) in [7, 11) is -2.91. The lowest BCUT2D eigenvalue weighted by Gasteiger charge is -2.37. The smallest absolute Gasteiger partial charge is 0.152 e. The molecule has 0 spiro atoms. The van der Waals surface area contributed by atoms with Gasteiger partial charge in [-0.05, 0) is 12.1 Å². The molecule has 3 rings (SSSR count). The van der Waals surface area contributed by atoms with Crippen molar-refractivity contribution in [1.82, 2.24) is 14.3 Å². The SMILES string of the molecule is CS(=O)(=O)C1CN(Cc2cnc3ccc(Cl)cn23)C1. The van der Waals surface area contributed by atoms with Crippen molar-refractivity contribution < 1.29 is 8.42 Å². The van der Waals surface area contributed by atoms with Gasteiger partial charge in [0.1, 0.15) is 5.65 Å². The van der Waals surface area contributed by atoms with Crippen LogP contribution >= 0.6 is 11.6 Å². The van der Waals surface area contributed by atoms with E-state index in [4.69, 9.17) is 11.6 Å². The first-order chi connectivity index (χ1) is 8.93. The molecule has 2 aromatic heterocycles. The van der Waals surface area contributed by atoms with Crippen LogP contribution < -0.4 is 0 Å². The number of nitrogens with zero attached hydrogens (tertiary/aromatic N) is 3. The van der Waals surface area contributed by atoms with Crippen LogP contribution in [0.4, 0.5) is 0 Å². The highest BCUT2D eigenvalue weighted by Crippen LogP contribution is 2.20. The molecule has 2 aromatic rings. The molecule has 0 saturated carbocycles. The molecule has 7 heteroatoms. The Morgan fingerprint density at radius 3 is 2.84 bits per heavy atom. The number of sulfone groups is 1. The molecule has 0 atom stereocenters. The Morgan fingerprint density at radius 2 is 2.16 bits per heavy atom. The molecular formula is C12H14ClN3O2S. The van der Waals surface area contributed by atoms with E-state index in [1.165, 1.54) is 6.26 Å². The predicted molar refractivity (Wildman–Crippen MR) is 74.1 cm³/mol.